The molecule has 0 aromatic carbocycles. The molecule has 1 aromatic rings. The summed E-state index contributed by atoms with van der Waals surface area (Å²) in [6, 6.07) is 3.48. The molecule has 0 bridgehead atoms. The maximum atomic E-state index is 11.8. The Morgan fingerprint density at radius 2 is 2.17 bits per heavy atom. The zero-order chi connectivity index (χ0) is 13.4. The Labute approximate surface area is 109 Å². The first-order chi connectivity index (χ1) is 8.63. The normalized spacial score (nSPS) is 10.4. The van der Waals surface area contributed by atoms with E-state index in [2.05, 4.69) is 29.5 Å². The second kappa shape index (κ2) is 7.69. The number of rotatable bonds is 7. The fourth-order valence-corrected chi connectivity index (χ4v) is 1.69. The van der Waals surface area contributed by atoms with Crippen molar-refractivity contribution in [3.8, 4) is 0 Å². The summed E-state index contributed by atoms with van der Waals surface area (Å²) >= 11 is 0. The minimum absolute atomic E-state index is 0.0292. The van der Waals surface area contributed by atoms with Crippen molar-refractivity contribution in [1.82, 2.24) is 10.3 Å². The molecule has 4 heteroatoms. The summed E-state index contributed by atoms with van der Waals surface area (Å²) in [5.41, 5.74) is 0.651. The molecule has 0 saturated carbocycles. The van der Waals surface area contributed by atoms with Crippen LogP contribution >= 0.6 is 0 Å². The van der Waals surface area contributed by atoms with Gasteiger partial charge in [0.05, 0.1) is 0 Å². The summed E-state index contributed by atoms with van der Waals surface area (Å²) in [4.78, 5) is 15.9. The molecule has 0 aliphatic carbocycles. The van der Waals surface area contributed by atoms with Gasteiger partial charge in [-0.25, -0.2) is 4.98 Å². The number of aromatic nitrogens is 1. The predicted molar refractivity (Wildman–Crippen MR) is 74.8 cm³/mol. The van der Waals surface area contributed by atoms with E-state index >= 15 is 0 Å². The molecule has 0 spiro atoms. The summed E-state index contributed by atoms with van der Waals surface area (Å²) < 4.78 is 0. The highest BCUT2D eigenvalue weighted by atomic mass is 16.1. The van der Waals surface area contributed by atoms with Gasteiger partial charge in [-0.2, -0.15) is 0 Å². The standard InChI is InChI=1S/C14H23N3O/c1-11(2)6-4-5-8-17-14(18)12-7-9-16-13(10-12)15-3/h7,9-11H,4-6,8H2,1-3H3,(H,15,16)(H,17,18). The Balaban J connectivity index is 2.31. The molecule has 1 heterocycles. The number of amides is 1. The summed E-state index contributed by atoms with van der Waals surface area (Å²) in [6.45, 7) is 5.17. The molecule has 18 heavy (non-hydrogen) atoms. The molecule has 4 nitrogen and oxygen atoms in total. The first kappa shape index (κ1) is 14.5. The topological polar surface area (TPSA) is 54.0 Å². The lowest BCUT2D eigenvalue weighted by atomic mass is 10.1. The monoisotopic (exact) mass is 249 g/mol. The summed E-state index contributed by atoms with van der Waals surface area (Å²) in [5, 5.41) is 5.85. The number of anilines is 1. The number of unbranched alkanes of at least 4 members (excludes halogenated alkanes) is 1. The third kappa shape index (κ3) is 5.17. The van der Waals surface area contributed by atoms with E-state index in [-0.39, 0.29) is 5.91 Å². The van der Waals surface area contributed by atoms with Gasteiger partial charge in [0, 0.05) is 25.4 Å². The van der Waals surface area contributed by atoms with Crippen LogP contribution in [0.3, 0.4) is 0 Å². The van der Waals surface area contributed by atoms with Crippen molar-refractivity contribution in [2.45, 2.75) is 33.1 Å². The number of hydrogen-bond acceptors (Lipinski definition) is 3. The van der Waals surface area contributed by atoms with E-state index in [0.717, 1.165) is 25.3 Å². The highest BCUT2D eigenvalue weighted by molar-refractivity contribution is 5.94. The first-order valence-electron chi connectivity index (χ1n) is 6.55. The van der Waals surface area contributed by atoms with Crippen LogP contribution in [0.1, 0.15) is 43.5 Å². The smallest absolute Gasteiger partial charge is 0.251 e. The van der Waals surface area contributed by atoms with Gasteiger partial charge < -0.3 is 10.6 Å². The molecular weight excluding hydrogens is 226 g/mol. The average Bonchev–Trinajstić information content (AvgIpc) is 2.37. The van der Waals surface area contributed by atoms with Crippen molar-refractivity contribution < 1.29 is 4.79 Å². The Morgan fingerprint density at radius 3 is 2.83 bits per heavy atom. The number of carbonyl (C=O) groups excluding carboxylic acids is 1. The Hall–Kier alpha value is -1.58. The maximum Gasteiger partial charge on any atom is 0.251 e. The third-order valence-electron chi connectivity index (χ3n) is 2.77. The second-order valence-corrected chi connectivity index (χ2v) is 4.83. The van der Waals surface area contributed by atoms with Crippen LogP contribution in [-0.4, -0.2) is 24.5 Å². The lowest BCUT2D eigenvalue weighted by Gasteiger charge is -2.07. The summed E-state index contributed by atoms with van der Waals surface area (Å²) in [6.07, 6.45) is 5.05. The van der Waals surface area contributed by atoms with E-state index in [1.54, 1.807) is 25.4 Å². The first-order valence-corrected chi connectivity index (χ1v) is 6.55. The zero-order valence-electron chi connectivity index (χ0n) is 11.5. The number of hydrogen-bond donors (Lipinski definition) is 2. The molecule has 0 atom stereocenters. The van der Waals surface area contributed by atoms with Crippen molar-refractivity contribution in [2.24, 2.45) is 5.92 Å². The van der Waals surface area contributed by atoms with Crippen LogP contribution in [0.5, 0.6) is 0 Å². The fourth-order valence-electron chi connectivity index (χ4n) is 1.69. The molecule has 2 N–H and O–H groups in total. The number of pyridine rings is 1. The molecular formula is C14H23N3O. The van der Waals surface area contributed by atoms with E-state index in [4.69, 9.17) is 0 Å². The van der Waals surface area contributed by atoms with Gasteiger partial charge in [-0.05, 0) is 24.5 Å². The lowest BCUT2D eigenvalue weighted by molar-refractivity contribution is 0.0953. The van der Waals surface area contributed by atoms with Gasteiger partial charge in [0.15, 0.2) is 0 Å². The molecule has 0 unspecified atom stereocenters. The van der Waals surface area contributed by atoms with E-state index in [9.17, 15) is 4.79 Å². The van der Waals surface area contributed by atoms with E-state index in [1.165, 1.54) is 6.42 Å². The Kier molecular flexibility index (Phi) is 6.19. The van der Waals surface area contributed by atoms with Gasteiger partial charge >= 0.3 is 0 Å². The van der Waals surface area contributed by atoms with Gasteiger partial charge in [0.2, 0.25) is 0 Å². The highest BCUT2D eigenvalue weighted by Crippen LogP contribution is 2.07. The molecule has 1 aromatic heterocycles. The van der Waals surface area contributed by atoms with Gasteiger partial charge in [-0.15, -0.1) is 0 Å². The highest BCUT2D eigenvalue weighted by Gasteiger charge is 2.05. The molecule has 0 aliphatic rings. The Morgan fingerprint density at radius 1 is 1.39 bits per heavy atom. The Bertz CT molecular complexity index is 377. The van der Waals surface area contributed by atoms with Gasteiger partial charge in [-0.1, -0.05) is 26.7 Å². The van der Waals surface area contributed by atoms with E-state index < -0.39 is 0 Å². The van der Waals surface area contributed by atoms with Gasteiger partial charge in [0.25, 0.3) is 5.91 Å². The summed E-state index contributed by atoms with van der Waals surface area (Å²) in [7, 11) is 1.79. The molecule has 0 radical (unpaired) electrons. The summed E-state index contributed by atoms with van der Waals surface area (Å²) in [5.74, 6) is 1.42. The number of nitrogens with one attached hydrogen (secondary N) is 2. The second-order valence-electron chi connectivity index (χ2n) is 4.83. The van der Waals surface area contributed by atoms with Crippen molar-refractivity contribution in [2.75, 3.05) is 18.9 Å². The number of carbonyl (C=O) groups is 1. The van der Waals surface area contributed by atoms with Crippen molar-refractivity contribution in [3.05, 3.63) is 23.9 Å². The van der Waals surface area contributed by atoms with Gasteiger partial charge in [-0.3, -0.25) is 4.79 Å². The van der Waals surface area contributed by atoms with Crippen molar-refractivity contribution in [1.29, 1.82) is 0 Å². The van der Waals surface area contributed by atoms with Crippen LogP contribution < -0.4 is 10.6 Å². The molecule has 100 valence electrons. The number of nitrogens with zero attached hydrogens (tertiary/aromatic N) is 1. The zero-order valence-corrected chi connectivity index (χ0v) is 11.5. The van der Waals surface area contributed by atoms with Crippen molar-refractivity contribution >= 4 is 11.7 Å². The molecule has 1 amide bonds. The predicted octanol–water partition coefficient (Wildman–Crippen LogP) is 2.68. The fraction of sp³-hybridized carbons (Fsp3) is 0.571. The van der Waals surface area contributed by atoms with Gasteiger partial charge in [0.1, 0.15) is 5.82 Å². The SMILES string of the molecule is CNc1cc(C(=O)NCCCCC(C)C)ccn1. The van der Waals surface area contributed by atoms with E-state index in [1.807, 2.05) is 0 Å². The van der Waals surface area contributed by atoms with Crippen LogP contribution in [0.15, 0.2) is 18.3 Å². The van der Waals surface area contributed by atoms with Crippen LogP contribution in [0.4, 0.5) is 5.82 Å². The van der Waals surface area contributed by atoms with Crippen LogP contribution in [0, 0.1) is 5.92 Å². The minimum Gasteiger partial charge on any atom is -0.373 e. The minimum atomic E-state index is -0.0292. The lowest BCUT2D eigenvalue weighted by Crippen LogP contribution is -2.24. The molecule has 0 saturated heterocycles. The maximum absolute atomic E-state index is 11.8. The average molecular weight is 249 g/mol. The molecule has 1 rings (SSSR count). The molecule has 0 aliphatic heterocycles. The third-order valence-corrected chi connectivity index (χ3v) is 2.77. The quantitative estimate of drug-likeness (QED) is 0.730. The van der Waals surface area contributed by atoms with Crippen LogP contribution in [0.25, 0.3) is 0 Å². The largest absolute Gasteiger partial charge is 0.373 e. The van der Waals surface area contributed by atoms with Crippen molar-refractivity contribution in [3.63, 3.8) is 0 Å². The molecule has 0 fully saturated rings. The van der Waals surface area contributed by atoms with Crippen LogP contribution in [-0.2, 0) is 0 Å². The van der Waals surface area contributed by atoms with E-state index in [0.29, 0.717) is 11.4 Å². The van der Waals surface area contributed by atoms with Crippen LogP contribution in [0.2, 0.25) is 0 Å².